The number of rotatable bonds is 5. The van der Waals surface area contributed by atoms with Gasteiger partial charge in [0.15, 0.2) is 0 Å². The van der Waals surface area contributed by atoms with Crippen LogP contribution in [0, 0.1) is 11.8 Å². The van der Waals surface area contributed by atoms with E-state index in [1.54, 1.807) is 30.2 Å². The second kappa shape index (κ2) is 10.8. The highest BCUT2D eigenvalue weighted by Gasteiger charge is 2.46. The van der Waals surface area contributed by atoms with E-state index in [1.807, 2.05) is 17.0 Å². The first-order valence-corrected chi connectivity index (χ1v) is 13.1. The molecule has 0 bridgehead atoms. The molecule has 2 aromatic carbocycles. The highest BCUT2D eigenvalue weighted by Crippen LogP contribution is 2.35. The highest BCUT2D eigenvalue weighted by molar-refractivity contribution is 5.99. The summed E-state index contributed by atoms with van der Waals surface area (Å²) in [4.78, 5) is 44.2. The number of urea groups is 1. The Balaban J connectivity index is 1.16. The van der Waals surface area contributed by atoms with Gasteiger partial charge < -0.3 is 19.9 Å². The van der Waals surface area contributed by atoms with Crippen LogP contribution in [0.25, 0.3) is 0 Å². The molecule has 2 heterocycles. The summed E-state index contributed by atoms with van der Waals surface area (Å²) in [6, 6.07) is 11.6. The molecule has 0 aromatic heterocycles. The molecule has 208 valence electrons. The summed E-state index contributed by atoms with van der Waals surface area (Å²) in [6.07, 6.45) is -2.96. The molecule has 1 N–H and O–H groups in total. The number of amides is 4. The minimum Gasteiger partial charge on any atom is -0.497 e. The van der Waals surface area contributed by atoms with E-state index in [4.69, 9.17) is 4.74 Å². The van der Waals surface area contributed by atoms with Crippen LogP contribution in [0.4, 0.5) is 23.7 Å². The predicted octanol–water partition coefficient (Wildman–Crippen LogP) is 3.90. The number of fused-ring (bicyclic) bond motifs is 1. The van der Waals surface area contributed by atoms with Crippen LogP contribution in [-0.2, 0) is 22.3 Å². The second-order valence-electron chi connectivity index (χ2n) is 10.3. The number of nitrogens with zero attached hydrogens (tertiary/aromatic N) is 3. The lowest BCUT2D eigenvalue weighted by Crippen LogP contribution is -2.62. The van der Waals surface area contributed by atoms with E-state index >= 15 is 0 Å². The minimum atomic E-state index is -4.41. The molecule has 4 amide bonds. The summed E-state index contributed by atoms with van der Waals surface area (Å²) in [5, 5.41) is 2.95. The van der Waals surface area contributed by atoms with E-state index in [2.05, 4.69) is 5.32 Å². The van der Waals surface area contributed by atoms with Crippen molar-refractivity contribution in [2.75, 3.05) is 38.2 Å². The summed E-state index contributed by atoms with van der Waals surface area (Å²) in [5.74, 6) is -0.247. The number of ether oxygens (including phenoxy) is 1. The number of piperazine rings is 1. The topological polar surface area (TPSA) is 82.2 Å². The molecule has 39 heavy (non-hydrogen) atoms. The number of methoxy groups -OCH3 is 1. The van der Waals surface area contributed by atoms with Crippen molar-refractivity contribution in [3.05, 3.63) is 59.7 Å². The van der Waals surface area contributed by atoms with E-state index in [0.29, 0.717) is 56.9 Å². The third-order valence-electron chi connectivity index (χ3n) is 7.97. The SMILES string of the molecule is COc1ccc(CN2C(=O)NC3CC(C(=O)N4CCN(c5cccc(C(F)(F)F)c5)CC4)CCC3C2=O)cc1. The van der Waals surface area contributed by atoms with Gasteiger partial charge in [-0.25, -0.2) is 4.79 Å². The van der Waals surface area contributed by atoms with E-state index in [9.17, 15) is 27.6 Å². The van der Waals surface area contributed by atoms with Gasteiger partial charge in [-0.05, 0) is 55.2 Å². The van der Waals surface area contributed by atoms with Crippen molar-refractivity contribution in [3.63, 3.8) is 0 Å². The van der Waals surface area contributed by atoms with Crippen LogP contribution < -0.4 is 15.0 Å². The Bertz CT molecular complexity index is 1230. The van der Waals surface area contributed by atoms with Gasteiger partial charge in [0, 0.05) is 43.8 Å². The molecule has 11 heteroatoms. The smallest absolute Gasteiger partial charge is 0.416 e. The molecule has 2 aliphatic heterocycles. The molecule has 3 unspecified atom stereocenters. The zero-order valence-corrected chi connectivity index (χ0v) is 21.6. The van der Waals surface area contributed by atoms with Crippen molar-refractivity contribution in [1.29, 1.82) is 0 Å². The lowest BCUT2D eigenvalue weighted by Gasteiger charge is -2.43. The third kappa shape index (κ3) is 5.67. The number of hydrogen-bond donors (Lipinski definition) is 1. The number of halogens is 3. The Hall–Kier alpha value is -3.76. The first kappa shape index (κ1) is 26.8. The number of hydrogen-bond acceptors (Lipinski definition) is 5. The molecule has 8 nitrogen and oxygen atoms in total. The molecule has 1 aliphatic carbocycles. The van der Waals surface area contributed by atoms with Crippen molar-refractivity contribution in [2.24, 2.45) is 11.8 Å². The standard InChI is InChI=1S/C28H31F3N4O4/c1-39-22-8-5-18(6-9-22)17-35-26(37)23-10-7-19(15-24(23)32-27(35)38)25(36)34-13-11-33(12-14-34)21-4-2-3-20(16-21)28(29,30)31/h2-6,8-9,16,19,23-24H,7,10-15,17H2,1H3,(H,32,38). The zero-order chi connectivity index (χ0) is 27.7. The molecule has 3 aliphatic rings. The summed E-state index contributed by atoms with van der Waals surface area (Å²) in [5.41, 5.74) is 0.604. The Morgan fingerprint density at radius 1 is 1.03 bits per heavy atom. The van der Waals surface area contributed by atoms with E-state index in [1.165, 1.54) is 11.0 Å². The van der Waals surface area contributed by atoms with Crippen LogP contribution in [0.1, 0.15) is 30.4 Å². The number of alkyl halides is 3. The Kier molecular flexibility index (Phi) is 7.42. The van der Waals surface area contributed by atoms with E-state index in [-0.39, 0.29) is 30.2 Å². The van der Waals surface area contributed by atoms with Gasteiger partial charge in [0.2, 0.25) is 11.8 Å². The number of benzene rings is 2. The van der Waals surface area contributed by atoms with Crippen molar-refractivity contribution in [3.8, 4) is 5.75 Å². The van der Waals surface area contributed by atoms with Gasteiger partial charge in [-0.15, -0.1) is 0 Å². The van der Waals surface area contributed by atoms with Gasteiger partial charge in [0.1, 0.15) is 5.75 Å². The quantitative estimate of drug-likeness (QED) is 0.618. The average molecular weight is 545 g/mol. The molecular formula is C28H31F3N4O4. The summed E-state index contributed by atoms with van der Waals surface area (Å²) in [7, 11) is 1.57. The van der Waals surface area contributed by atoms with Crippen molar-refractivity contribution in [2.45, 2.75) is 38.0 Å². The van der Waals surface area contributed by atoms with Gasteiger partial charge in [0.25, 0.3) is 0 Å². The number of carbonyl (C=O) groups is 3. The fourth-order valence-corrected chi connectivity index (χ4v) is 5.77. The maximum absolute atomic E-state index is 13.3. The molecule has 2 saturated heterocycles. The summed E-state index contributed by atoms with van der Waals surface area (Å²) >= 11 is 0. The highest BCUT2D eigenvalue weighted by atomic mass is 19.4. The Labute approximate surface area is 224 Å². The number of imide groups is 1. The maximum atomic E-state index is 13.3. The van der Waals surface area contributed by atoms with Crippen LogP contribution >= 0.6 is 0 Å². The fourth-order valence-electron chi connectivity index (χ4n) is 5.77. The molecule has 0 radical (unpaired) electrons. The predicted molar refractivity (Wildman–Crippen MR) is 137 cm³/mol. The van der Waals surface area contributed by atoms with Crippen LogP contribution in [0.3, 0.4) is 0 Å². The molecule has 0 spiro atoms. The molecule has 2 aromatic rings. The first-order chi connectivity index (χ1) is 18.6. The Morgan fingerprint density at radius 3 is 2.41 bits per heavy atom. The van der Waals surface area contributed by atoms with Gasteiger partial charge >= 0.3 is 12.2 Å². The monoisotopic (exact) mass is 544 g/mol. The largest absolute Gasteiger partial charge is 0.497 e. The number of carbonyl (C=O) groups excluding carboxylic acids is 3. The van der Waals surface area contributed by atoms with Crippen LogP contribution in [0.15, 0.2) is 48.5 Å². The van der Waals surface area contributed by atoms with Crippen LogP contribution in [0.5, 0.6) is 5.75 Å². The normalized spacial score (nSPS) is 23.8. The molecule has 3 atom stereocenters. The van der Waals surface area contributed by atoms with Crippen LogP contribution in [0.2, 0.25) is 0 Å². The molecular weight excluding hydrogens is 513 g/mol. The minimum absolute atomic E-state index is 0.0282. The fraction of sp³-hybridized carbons (Fsp3) is 0.464. The molecule has 1 saturated carbocycles. The lowest BCUT2D eigenvalue weighted by atomic mass is 9.76. The van der Waals surface area contributed by atoms with Gasteiger partial charge in [0.05, 0.1) is 25.1 Å². The third-order valence-corrected chi connectivity index (χ3v) is 7.97. The van der Waals surface area contributed by atoms with Gasteiger partial charge in [-0.3, -0.25) is 14.5 Å². The maximum Gasteiger partial charge on any atom is 0.416 e. The first-order valence-electron chi connectivity index (χ1n) is 13.1. The lowest BCUT2D eigenvalue weighted by molar-refractivity contribution is -0.143. The van der Waals surface area contributed by atoms with Gasteiger partial charge in [-0.1, -0.05) is 18.2 Å². The zero-order valence-electron chi connectivity index (χ0n) is 21.6. The van der Waals surface area contributed by atoms with Crippen molar-refractivity contribution >= 4 is 23.5 Å². The average Bonchev–Trinajstić information content (AvgIpc) is 2.94. The van der Waals surface area contributed by atoms with Crippen LogP contribution in [-0.4, -0.2) is 67.0 Å². The van der Waals surface area contributed by atoms with E-state index < -0.39 is 23.8 Å². The van der Waals surface area contributed by atoms with Gasteiger partial charge in [-0.2, -0.15) is 13.2 Å². The van der Waals surface area contributed by atoms with Crippen molar-refractivity contribution in [1.82, 2.24) is 15.1 Å². The molecule has 5 rings (SSSR count). The number of anilines is 1. The second-order valence-corrected chi connectivity index (χ2v) is 10.3. The number of nitrogens with one attached hydrogen (secondary N) is 1. The summed E-state index contributed by atoms with van der Waals surface area (Å²) < 4.78 is 44.4. The van der Waals surface area contributed by atoms with E-state index in [0.717, 1.165) is 17.7 Å². The molecule has 3 fully saturated rings. The summed E-state index contributed by atoms with van der Waals surface area (Å²) in [6.45, 7) is 1.83. The Morgan fingerprint density at radius 2 is 1.74 bits per heavy atom. The van der Waals surface area contributed by atoms with Crippen molar-refractivity contribution < 1.29 is 32.3 Å².